The summed E-state index contributed by atoms with van der Waals surface area (Å²) in [4.78, 5) is 13.7. The quantitative estimate of drug-likeness (QED) is 0.528. The van der Waals surface area contributed by atoms with E-state index in [-0.39, 0.29) is 36.9 Å². The molecule has 160 valence electrons. The summed E-state index contributed by atoms with van der Waals surface area (Å²) in [5.41, 5.74) is 0.153. The van der Waals surface area contributed by atoms with Crippen molar-refractivity contribution in [2.75, 3.05) is 0 Å². The van der Waals surface area contributed by atoms with Crippen molar-refractivity contribution in [1.29, 1.82) is 0 Å². The van der Waals surface area contributed by atoms with Crippen molar-refractivity contribution in [1.82, 2.24) is 0 Å². The van der Waals surface area contributed by atoms with E-state index in [9.17, 15) is 4.79 Å². The van der Waals surface area contributed by atoms with Gasteiger partial charge in [0.1, 0.15) is 0 Å². The summed E-state index contributed by atoms with van der Waals surface area (Å²) in [6.07, 6.45) is 7.09. The second kappa shape index (κ2) is 8.13. The fourth-order valence-electron chi connectivity index (χ4n) is 6.48. The maximum absolute atomic E-state index is 13.5. The molecule has 29 heavy (non-hydrogen) atoms. The van der Waals surface area contributed by atoms with E-state index in [0.29, 0.717) is 29.5 Å². The zero-order valence-corrected chi connectivity index (χ0v) is 20.5. The molecule has 8 atom stereocenters. The number of hydrogen-bond acceptors (Lipinski definition) is 2. The summed E-state index contributed by atoms with van der Waals surface area (Å²) in [6.45, 7) is 11.7. The molecule has 1 aromatic rings. The summed E-state index contributed by atoms with van der Waals surface area (Å²) in [6, 6.07) is 10.7. The molecule has 3 aliphatic rings. The minimum absolute atomic E-state index is 0.0674. The van der Waals surface area contributed by atoms with Gasteiger partial charge in [-0.3, -0.25) is 0 Å². The predicted molar refractivity (Wildman–Crippen MR) is 121 cm³/mol. The summed E-state index contributed by atoms with van der Waals surface area (Å²) in [5.74, 6) is 3.13. The van der Waals surface area contributed by atoms with Crippen LogP contribution in [0.1, 0.15) is 73.1 Å². The minimum atomic E-state index is 0.0674. The third kappa shape index (κ3) is 4.00. The van der Waals surface area contributed by atoms with Crippen molar-refractivity contribution >= 4 is 25.2 Å². The van der Waals surface area contributed by atoms with Gasteiger partial charge in [-0.15, -0.1) is 0 Å². The average Bonchev–Trinajstić information content (AvgIpc) is 3.11. The molecule has 0 radical (unpaired) electrons. The van der Waals surface area contributed by atoms with Crippen molar-refractivity contribution in [3.05, 3.63) is 30.3 Å². The van der Waals surface area contributed by atoms with Crippen LogP contribution in [0.3, 0.4) is 0 Å². The Kier molecular flexibility index (Phi) is 6.06. The molecule has 1 saturated carbocycles. The van der Waals surface area contributed by atoms with Crippen LogP contribution in [0, 0.1) is 29.6 Å². The molecule has 0 aromatic heterocycles. The molecule has 1 aromatic carbocycles. The first-order chi connectivity index (χ1) is 13.7. The topological polar surface area (TPSA) is 26.3 Å². The van der Waals surface area contributed by atoms with Crippen LogP contribution in [0.2, 0.25) is 4.82 Å². The standard InChI is InChI=1S/C26H38O2Se/c1-17(12-14-22-19(3)25(4)15-16-26(22,5)28-25)21-13-11-18(2)24(23(21)27)29-20-9-7-6-8-10-20/h6-10,17-19,21-22,24H,11-16H2,1-5H3/t17-,18-,19-,21+,22-,24-,25+,26-/m1/s1. The molecule has 3 heteroatoms. The van der Waals surface area contributed by atoms with Gasteiger partial charge in [-0.25, -0.2) is 0 Å². The third-order valence-corrected chi connectivity index (χ3v) is 11.8. The molecule has 0 unspecified atom stereocenters. The van der Waals surface area contributed by atoms with Gasteiger partial charge in [-0.2, -0.15) is 0 Å². The van der Waals surface area contributed by atoms with E-state index in [1.165, 1.54) is 36.6 Å². The number of Topliss-reactive ketones (excluding diaryl/α,β-unsaturated/α-hetero) is 1. The molecule has 0 N–H and O–H groups in total. The van der Waals surface area contributed by atoms with Crippen LogP contribution in [-0.4, -0.2) is 31.9 Å². The Bertz CT molecular complexity index is 733. The van der Waals surface area contributed by atoms with Gasteiger partial charge in [0.05, 0.1) is 0 Å². The van der Waals surface area contributed by atoms with E-state index in [2.05, 4.69) is 65.0 Å². The Morgan fingerprint density at radius 2 is 1.79 bits per heavy atom. The SMILES string of the molecule is C[C@H](CC[C@@H]1[C@@H](C)[C@]2(C)CC[C@@]1(C)O2)[C@@H]1CC[C@@H](C)[C@@H]([Se]c2ccccc2)C1=O. The average molecular weight is 462 g/mol. The predicted octanol–water partition coefficient (Wildman–Crippen LogP) is 5.43. The van der Waals surface area contributed by atoms with Crippen LogP contribution in [0.5, 0.6) is 0 Å². The molecule has 0 amide bonds. The Hall–Kier alpha value is -0.631. The summed E-state index contributed by atoms with van der Waals surface area (Å²) in [5, 5.41) is 0. The van der Waals surface area contributed by atoms with Gasteiger partial charge in [0.25, 0.3) is 0 Å². The number of benzene rings is 1. The molecular formula is C26H38O2Se. The number of carbonyl (C=O) groups is 1. The Morgan fingerprint density at radius 3 is 2.45 bits per heavy atom. The van der Waals surface area contributed by atoms with E-state index < -0.39 is 0 Å². The zero-order chi connectivity index (χ0) is 20.8. The molecule has 2 bridgehead atoms. The second-order valence-corrected chi connectivity index (χ2v) is 13.1. The van der Waals surface area contributed by atoms with E-state index >= 15 is 0 Å². The van der Waals surface area contributed by atoms with Crippen LogP contribution in [0.4, 0.5) is 0 Å². The molecule has 1 aliphatic carbocycles. The molecular weight excluding hydrogens is 423 g/mol. The fourth-order valence-corrected chi connectivity index (χ4v) is 9.14. The Balaban J connectivity index is 1.38. The number of fused-ring (bicyclic) bond motifs is 2. The molecule has 2 nitrogen and oxygen atoms in total. The summed E-state index contributed by atoms with van der Waals surface area (Å²) < 4.78 is 7.87. The molecule has 2 heterocycles. The monoisotopic (exact) mass is 462 g/mol. The molecule has 3 fully saturated rings. The van der Waals surface area contributed by atoms with Crippen molar-refractivity contribution in [3.63, 3.8) is 0 Å². The summed E-state index contributed by atoms with van der Waals surface area (Å²) >= 11 is 0.255. The summed E-state index contributed by atoms with van der Waals surface area (Å²) in [7, 11) is 0. The second-order valence-electron chi connectivity index (χ2n) is 10.6. The van der Waals surface area contributed by atoms with Crippen LogP contribution >= 0.6 is 0 Å². The van der Waals surface area contributed by atoms with E-state index in [4.69, 9.17) is 4.74 Å². The van der Waals surface area contributed by atoms with Crippen LogP contribution in [0.15, 0.2) is 30.3 Å². The Morgan fingerprint density at radius 1 is 1.10 bits per heavy atom. The van der Waals surface area contributed by atoms with Crippen molar-refractivity contribution in [2.45, 2.75) is 89.2 Å². The number of ketones is 1. The number of rotatable bonds is 6. The molecule has 2 saturated heterocycles. The van der Waals surface area contributed by atoms with E-state index in [1.807, 2.05) is 0 Å². The van der Waals surface area contributed by atoms with Gasteiger partial charge < -0.3 is 0 Å². The third-order valence-electron chi connectivity index (χ3n) is 8.66. The van der Waals surface area contributed by atoms with Gasteiger partial charge in [0.15, 0.2) is 0 Å². The first-order valence-corrected chi connectivity index (χ1v) is 13.5. The van der Waals surface area contributed by atoms with Crippen LogP contribution < -0.4 is 4.46 Å². The van der Waals surface area contributed by atoms with Gasteiger partial charge in [-0.1, -0.05) is 0 Å². The number of carbonyl (C=O) groups excluding carboxylic acids is 1. The molecule has 0 spiro atoms. The van der Waals surface area contributed by atoms with Crippen LogP contribution in [0.25, 0.3) is 0 Å². The van der Waals surface area contributed by atoms with Gasteiger partial charge >= 0.3 is 184 Å². The van der Waals surface area contributed by atoms with Crippen LogP contribution in [-0.2, 0) is 9.53 Å². The Labute approximate surface area is 183 Å². The fraction of sp³-hybridized carbons (Fsp3) is 0.731. The molecule has 2 aliphatic heterocycles. The van der Waals surface area contributed by atoms with Crippen molar-refractivity contribution < 1.29 is 9.53 Å². The zero-order valence-electron chi connectivity index (χ0n) is 18.8. The van der Waals surface area contributed by atoms with Gasteiger partial charge in [-0.05, 0) is 0 Å². The first-order valence-electron chi connectivity index (χ1n) is 11.7. The van der Waals surface area contributed by atoms with Crippen molar-refractivity contribution in [3.8, 4) is 0 Å². The number of hydrogen-bond donors (Lipinski definition) is 0. The van der Waals surface area contributed by atoms with Crippen molar-refractivity contribution in [2.24, 2.45) is 29.6 Å². The van der Waals surface area contributed by atoms with E-state index in [1.54, 1.807) is 0 Å². The normalized spacial score (nSPS) is 42.9. The van der Waals surface area contributed by atoms with Gasteiger partial charge in [0, 0.05) is 0 Å². The maximum atomic E-state index is 13.5. The van der Waals surface area contributed by atoms with Gasteiger partial charge in [0.2, 0.25) is 0 Å². The molecule has 4 rings (SSSR count). The van der Waals surface area contributed by atoms with E-state index in [0.717, 1.165) is 6.42 Å². The number of ether oxygens (including phenoxy) is 1. The first kappa shape index (κ1) is 21.6.